The first-order valence-corrected chi connectivity index (χ1v) is 6.45. The highest BCUT2D eigenvalue weighted by Crippen LogP contribution is 2.23. The summed E-state index contributed by atoms with van der Waals surface area (Å²) in [4.78, 5) is 2.38. The number of nitrogens with zero attached hydrogens (tertiary/aromatic N) is 2. The van der Waals surface area contributed by atoms with Gasteiger partial charge >= 0.3 is 0 Å². The minimum absolute atomic E-state index is 0.158. The lowest BCUT2D eigenvalue weighted by atomic mass is 9.96. The van der Waals surface area contributed by atoms with Gasteiger partial charge in [-0.15, -0.1) is 0 Å². The standard InChI is InChI=1S/C13H24N2/c1-3-6-12-7-5-9-15(10-8-12)13(4-2)11-14/h12-13H,3-10H2,1-2H3. The van der Waals surface area contributed by atoms with Gasteiger partial charge in [0.15, 0.2) is 0 Å². The third-order valence-corrected chi connectivity index (χ3v) is 3.56. The Labute approximate surface area is 94.3 Å². The summed E-state index contributed by atoms with van der Waals surface area (Å²) in [5.41, 5.74) is 0. The summed E-state index contributed by atoms with van der Waals surface area (Å²) < 4.78 is 0. The van der Waals surface area contributed by atoms with Crippen LogP contribution in [0.25, 0.3) is 0 Å². The van der Waals surface area contributed by atoms with Crippen molar-refractivity contribution in [2.24, 2.45) is 5.92 Å². The molecule has 1 saturated heterocycles. The molecule has 0 saturated carbocycles. The molecule has 1 rings (SSSR count). The molecule has 0 spiro atoms. The van der Waals surface area contributed by atoms with Crippen LogP contribution in [0.3, 0.4) is 0 Å². The SMILES string of the molecule is CCCC1CCCN(C(C#N)CC)CC1. The average Bonchev–Trinajstić information content (AvgIpc) is 2.47. The maximum absolute atomic E-state index is 9.05. The molecule has 0 aliphatic carbocycles. The van der Waals surface area contributed by atoms with E-state index in [1.54, 1.807) is 0 Å². The third-order valence-electron chi connectivity index (χ3n) is 3.56. The summed E-state index contributed by atoms with van der Waals surface area (Å²) in [6, 6.07) is 2.58. The first kappa shape index (κ1) is 12.5. The van der Waals surface area contributed by atoms with Crippen LogP contribution in [0.1, 0.15) is 52.4 Å². The molecule has 0 aromatic rings. The Morgan fingerprint density at radius 1 is 1.33 bits per heavy atom. The lowest BCUT2D eigenvalue weighted by Gasteiger charge is -2.24. The molecule has 0 radical (unpaired) electrons. The number of hydrogen-bond donors (Lipinski definition) is 0. The molecule has 1 aliphatic heterocycles. The maximum Gasteiger partial charge on any atom is 0.0975 e. The van der Waals surface area contributed by atoms with Crippen molar-refractivity contribution >= 4 is 0 Å². The fourth-order valence-electron chi connectivity index (χ4n) is 2.63. The molecule has 86 valence electrons. The van der Waals surface area contributed by atoms with Crippen molar-refractivity contribution in [3.8, 4) is 6.07 Å². The first-order chi connectivity index (χ1) is 7.31. The van der Waals surface area contributed by atoms with E-state index in [4.69, 9.17) is 5.26 Å². The van der Waals surface area contributed by atoms with E-state index in [0.29, 0.717) is 0 Å². The van der Waals surface area contributed by atoms with Crippen LogP contribution in [0.2, 0.25) is 0 Å². The number of hydrogen-bond acceptors (Lipinski definition) is 2. The number of likely N-dealkylation sites (tertiary alicyclic amines) is 1. The van der Waals surface area contributed by atoms with Gasteiger partial charge in [0.2, 0.25) is 0 Å². The first-order valence-electron chi connectivity index (χ1n) is 6.45. The van der Waals surface area contributed by atoms with Crippen molar-refractivity contribution in [2.75, 3.05) is 13.1 Å². The monoisotopic (exact) mass is 208 g/mol. The molecule has 1 fully saturated rings. The van der Waals surface area contributed by atoms with Crippen molar-refractivity contribution in [1.29, 1.82) is 5.26 Å². The Hall–Kier alpha value is -0.550. The second-order valence-electron chi connectivity index (χ2n) is 4.67. The molecule has 2 unspecified atom stereocenters. The second-order valence-corrected chi connectivity index (χ2v) is 4.67. The predicted molar refractivity (Wildman–Crippen MR) is 63.5 cm³/mol. The Balaban J connectivity index is 2.41. The second kappa shape index (κ2) is 6.85. The van der Waals surface area contributed by atoms with E-state index in [0.717, 1.165) is 25.4 Å². The molecular weight excluding hydrogens is 184 g/mol. The van der Waals surface area contributed by atoms with Crippen LogP contribution >= 0.6 is 0 Å². The molecule has 0 aromatic carbocycles. The minimum Gasteiger partial charge on any atom is -0.288 e. The Morgan fingerprint density at radius 3 is 2.73 bits per heavy atom. The summed E-state index contributed by atoms with van der Waals surface area (Å²) in [6.45, 7) is 6.65. The Bertz CT molecular complexity index is 207. The van der Waals surface area contributed by atoms with Crippen molar-refractivity contribution in [1.82, 2.24) is 4.90 Å². The van der Waals surface area contributed by atoms with Gasteiger partial charge in [0.1, 0.15) is 0 Å². The van der Waals surface area contributed by atoms with E-state index >= 15 is 0 Å². The van der Waals surface area contributed by atoms with Crippen molar-refractivity contribution in [3.63, 3.8) is 0 Å². The van der Waals surface area contributed by atoms with Crippen LogP contribution in [0.5, 0.6) is 0 Å². The lowest BCUT2D eigenvalue weighted by Crippen LogP contribution is -2.34. The number of rotatable bonds is 4. The van der Waals surface area contributed by atoms with Gasteiger partial charge in [0, 0.05) is 0 Å². The summed E-state index contributed by atoms with van der Waals surface area (Å²) in [7, 11) is 0. The lowest BCUT2D eigenvalue weighted by molar-refractivity contribution is 0.234. The van der Waals surface area contributed by atoms with Gasteiger partial charge in [0.25, 0.3) is 0 Å². The van der Waals surface area contributed by atoms with Gasteiger partial charge < -0.3 is 0 Å². The molecule has 0 amide bonds. The highest BCUT2D eigenvalue weighted by molar-refractivity contribution is 4.91. The van der Waals surface area contributed by atoms with E-state index in [9.17, 15) is 0 Å². The number of nitriles is 1. The topological polar surface area (TPSA) is 27.0 Å². The zero-order chi connectivity index (χ0) is 11.1. The van der Waals surface area contributed by atoms with Gasteiger partial charge in [-0.2, -0.15) is 5.26 Å². The van der Waals surface area contributed by atoms with E-state index in [1.165, 1.54) is 32.1 Å². The smallest absolute Gasteiger partial charge is 0.0975 e. The van der Waals surface area contributed by atoms with Crippen LogP contribution in [0.15, 0.2) is 0 Å². The van der Waals surface area contributed by atoms with Crippen LogP contribution in [-0.2, 0) is 0 Å². The van der Waals surface area contributed by atoms with Crippen molar-refractivity contribution < 1.29 is 0 Å². The Morgan fingerprint density at radius 2 is 2.13 bits per heavy atom. The molecule has 2 atom stereocenters. The molecule has 1 aliphatic rings. The van der Waals surface area contributed by atoms with E-state index in [-0.39, 0.29) is 6.04 Å². The predicted octanol–water partition coefficient (Wildman–Crippen LogP) is 3.19. The van der Waals surface area contributed by atoms with Crippen LogP contribution in [0.4, 0.5) is 0 Å². The van der Waals surface area contributed by atoms with E-state index < -0.39 is 0 Å². The highest BCUT2D eigenvalue weighted by Gasteiger charge is 2.21. The average molecular weight is 208 g/mol. The van der Waals surface area contributed by atoms with Gasteiger partial charge in [-0.05, 0) is 44.7 Å². The fourth-order valence-corrected chi connectivity index (χ4v) is 2.63. The van der Waals surface area contributed by atoms with Crippen LogP contribution in [0, 0.1) is 17.2 Å². The van der Waals surface area contributed by atoms with Crippen LogP contribution < -0.4 is 0 Å². The zero-order valence-corrected chi connectivity index (χ0v) is 10.2. The van der Waals surface area contributed by atoms with Gasteiger partial charge in [-0.25, -0.2) is 0 Å². The minimum atomic E-state index is 0.158. The van der Waals surface area contributed by atoms with Gasteiger partial charge in [-0.1, -0.05) is 26.7 Å². The third kappa shape index (κ3) is 3.83. The molecule has 15 heavy (non-hydrogen) atoms. The summed E-state index contributed by atoms with van der Waals surface area (Å²) in [6.07, 6.45) is 7.59. The van der Waals surface area contributed by atoms with Gasteiger partial charge in [0.05, 0.1) is 12.1 Å². The van der Waals surface area contributed by atoms with Crippen molar-refractivity contribution in [3.05, 3.63) is 0 Å². The zero-order valence-electron chi connectivity index (χ0n) is 10.2. The molecule has 1 heterocycles. The normalized spacial score (nSPS) is 25.5. The molecule has 0 bridgehead atoms. The van der Waals surface area contributed by atoms with E-state index in [1.807, 2.05) is 0 Å². The Kier molecular flexibility index (Phi) is 5.71. The molecule has 2 nitrogen and oxygen atoms in total. The van der Waals surface area contributed by atoms with Crippen molar-refractivity contribution in [2.45, 2.75) is 58.4 Å². The molecule has 2 heteroatoms. The highest BCUT2D eigenvalue weighted by atomic mass is 15.1. The fraction of sp³-hybridized carbons (Fsp3) is 0.923. The summed E-state index contributed by atoms with van der Waals surface area (Å²) in [5, 5.41) is 9.05. The quantitative estimate of drug-likeness (QED) is 0.709. The largest absolute Gasteiger partial charge is 0.288 e. The maximum atomic E-state index is 9.05. The molecule has 0 N–H and O–H groups in total. The van der Waals surface area contributed by atoms with E-state index in [2.05, 4.69) is 24.8 Å². The molecular formula is C13H24N2. The van der Waals surface area contributed by atoms with Crippen LogP contribution in [-0.4, -0.2) is 24.0 Å². The summed E-state index contributed by atoms with van der Waals surface area (Å²) in [5.74, 6) is 0.913. The molecule has 0 aromatic heterocycles. The summed E-state index contributed by atoms with van der Waals surface area (Å²) >= 11 is 0. The van der Waals surface area contributed by atoms with Gasteiger partial charge in [-0.3, -0.25) is 4.90 Å².